The quantitative estimate of drug-likeness (QED) is 0.649. The number of benzene rings is 1. The lowest BCUT2D eigenvalue weighted by Crippen LogP contribution is -1.89. The van der Waals surface area contributed by atoms with Crippen molar-refractivity contribution in [2.75, 3.05) is 12.4 Å². The molecule has 0 aliphatic carbocycles. The van der Waals surface area contributed by atoms with Crippen LogP contribution in [0.1, 0.15) is 18.4 Å². The molecule has 1 heterocycles. The third-order valence-electron chi connectivity index (χ3n) is 2.70. The molecular formula is C14H17NOS. The molecular weight excluding hydrogens is 230 g/mol. The second-order valence-corrected chi connectivity index (χ2v) is 5.19. The Bertz CT molecular complexity index is 499. The highest BCUT2D eigenvalue weighted by atomic mass is 32.2. The molecule has 2 aromatic rings. The van der Waals surface area contributed by atoms with Crippen LogP contribution in [0.2, 0.25) is 0 Å². The van der Waals surface area contributed by atoms with Gasteiger partial charge >= 0.3 is 0 Å². The van der Waals surface area contributed by atoms with Crippen molar-refractivity contribution in [3.05, 3.63) is 35.9 Å². The molecule has 1 aromatic heterocycles. The number of fused-ring (bicyclic) bond motifs is 1. The average Bonchev–Trinajstić information content (AvgIpc) is 2.35. The van der Waals surface area contributed by atoms with E-state index in [1.54, 1.807) is 11.8 Å². The Kier molecular flexibility index (Phi) is 4.40. The van der Waals surface area contributed by atoms with Crippen molar-refractivity contribution >= 4 is 22.7 Å². The summed E-state index contributed by atoms with van der Waals surface area (Å²) in [6, 6.07) is 10.4. The lowest BCUT2D eigenvalue weighted by atomic mass is 10.1. The first-order chi connectivity index (χ1) is 8.31. The van der Waals surface area contributed by atoms with Gasteiger partial charge in [-0.3, -0.25) is 0 Å². The van der Waals surface area contributed by atoms with Crippen LogP contribution in [0.5, 0.6) is 0 Å². The number of aryl methyl sites for hydroxylation is 1. The zero-order valence-corrected chi connectivity index (χ0v) is 10.8. The maximum atomic E-state index is 8.72. The van der Waals surface area contributed by atoms with E-state index in [1.165, 1.54) is 10.9 Å². The SMILES string of the molecule is Cc1cc(SCCCCO)nc2ccccc12. The summed E-state index contributed by atoms with van der Waals surface area (Å²) in [5.74, 6) is 1.02. The van der Waals surface area contributed by atoms with Gasteiger partial charge in [-0.1, -0.05) is 18.2 Å². The van der Waals surface area contributed by atoms with Gasteiger partial charge in [0.05, 0.1) is 10.5 Å². The lowest BCUT2D eigenvalue weighted by molar-refractivity contribution is 0.287. The van der Waals surface area contributed by atoms with Gasteiger partial charge < -0.3 is 5.11 Å². The number of hydrogen-bond acceptors (Lipinski definition) is 3. The Labute approximate surface area is 106 Å². The van der Waals surface area contributed by atoms with E-state index in [0.717, 1.165) is 29.1 Å². The molecule has 0 amide bonds. The fourth-order valence-corrected chi connectivity index (χ4v) is 2.76. The number of rotatable bonds is 5. The second kappa shape index (κ2) is 6.03. The lowest BCUT2D eigenvalue weighted by Gasteiger charge is -2.05. The summed E-state index contributed by atoms with van der Waals surface area (Å²) in [6.45, 7) is 2.41. The fourth-order valence-electron chi connectivity index (χ4n) is 1.78. The van der Waals surface area contributed by atoms with Crippen LogP contribution in [0.3, 0.4) is 0 Å². The predicted molar refractivity (Wildman–Crippen MR) is 73.5 cm³/mol. The summed E-state index contributed by atoms with van der Waals surface area (Å²) in [5.41, 5.74) is 2.34. The number of para-hydroxylation sites is 1. The molecule has 0 radical (unpaired) electrons. The smallest absolute Gasteiger partial charge is 0.0970 e. The van der Waals surface area contributed by atoms with E-state index in [2.05, 4.69) is 30.1 Å². The van der Waals surface area contributed by atoms with Gasteiger partial charge in [0, 0.05) is 12.0 Å². The minimum atomic E-state index is 0.282. The van der Waals surface area contributed by atoms with Gasteiger partial charge in [-0.25, -0.2) is 4.98 Å². The number of aliphatic hydroxyl groups excluding tert-OH is 1. The molecule has 0 aliphatic rings. The van der Waals surface area contributed by atoms with Crippen LogP contribution in [0.25, 0.3) is 10.9 Å². The van der Waals surface area contributed by atoms with Crippen LogP contribution in [-0.2, 0) is 0 Å². The number of unbranched alkanes of at least 4 members (excludes halogenated alkanes) is 1. The first-order valence-electron chi connectivity index (χ1n) is 5.91. The van der Waals surface area contributed by atoms with E-state index < -0.39 is 0 Å². The average molecular weight is 247 g/mol. The summed E-state index contributed by atoms with van der Waals surface area (Å²) in [5, 5.41) is 11.0. The zero-order chi connectivity index (χ0) is 12.1. The fraction of sp³-hybridized carbons (Fsp3) is 0.357. The predicted octanol–water partition coefficient (Wildman–Crippen LogP) is 3.41. The number of hydrogen-bond donors (Lipinski definition) is 1. The van der Waals surface area contributed by atoms with Crippen LogP contribution in [0.4, 0.5) is 0 Å². The maximum absolute atomic E-state index is 8.72. The molecule has 0 bridgehead atoms. The molecule has 0 unspecified atom stereocenters. The molecule has 0 aliphatic heterocycles. The molecule has 90 valence electrons. The van der Waals surface area contributed by atoms with Crippen molar-refractivity contribution in [3.8, 4) is 0 Å². The van der Waals surface area contributed by atoms with E-state index in [-0.39, 0.29) is 6.61 Å². The monoisotopic (exact) mass is 247 g/mol. The van der Waals surface area contributed by atoms with Crippen molar-refractivity contribution in [2.45, 2.75) is 24.8 Å². The Morgan fingerprint density at radius 1 is 1.24 bits per heavy atom. The van der Waals surface area contributed by atoms with Crippen molar-refractivity contribution in [1.29, 1.82) is 0 Å². The van der Waals surface area contributed by atoms with Gasteiger partial charge in [-0.2, -0.15) is 0 Å². The minimum absolute atomic E-state index is 0.282. The van der Waals surface area contributed by atoms with Gasteiger partial charge in [-0.05, 0) is 43.2 Å². The first kappa shape index (κ1) is 12.4. The molecule has 1 N–H and O–H groups in total. The first-order valence-corrected chi connectivity index (χ1v) is 6.90. The standard InChI is InChI=1S/C14H17NOS/c1-11-10-14(17-9-5-4-8-16)15-13-7-3-2-6-12(11)13/h2-3,6-7,10,16H,4-5,8-9H2,1H3. The topological polar surface area (TPSA) is 33.1 Å². The van der Waals surface area contributed by atoms with Gasteiger partial charge in [-0.15, -0.1) is 11.8 Å². The summed E-state index contributed by atoms with van der Waals surface area (Å²) >= 11 is 1.77. The molecule has 0 saturated carbocycles. The van der Waals surface area contributed by atoms with Crippen molar-refractivity contribution in [2.24, 2.45) is 0 Å². The van der Waals surface area contributed by atoms with Gasteiger partial charge in [0.2, 0.25) is 0 Å². The van der Waals surface area contributed by atoms with Crippen LogP contribution >= 0.6 is 11.8 Å². The zero-order valence-electron chi connectivity index (χ0n) is 10.0. The Morgan fingerprint density at radius 3 is 2.88 bits per heavy atom. The van der Waals surface area contributed by atoms with Crippen molar-refractivity contribution in [3.63, 3.8) is 0 Å². The van der Waals surface area contributed by atoms with Gasteiger partial charge in [0.15, 0.2) is 0 Å². The Balaban J connectivity index is 2.13. The van der Waals surface area contributed by atoms with Gasteiger partial charge in [0.25, 0.3) is 0 Å². The number of pyridine rings is 1. The summed E-state index contributed by atoms with van der Waals surface area (Å²) in [6.07, 6.45) is 1.91. The highest BCUT2D eigenvalue weighted by Gasteiger charge is 2.02. The summed E-state index contributed by atoms with van der Waals surface area (Å²) in [7, 11) is 0. The largest absolute Gasteiger partial charge is 0.396 e. The highest BCUT2D eigenvalue weighted by Crippen LogP contribution is 2.24. The van der Waals surface area contributed by atoms with E-state index in [1.807, 2.05) is 12.1 Å². The Hall–Kier alpha value is -1.06. The normalized spacial score (nSPS) is 10.9. The third-order valence-corrected chi connectivity index (χ3v) is 3.70. The van der Waals surface area contributed by atoms with Crippen LogP contribution in [0.15, 0.2) is 35.4 Å². The molecule has 2 nitrogen and oxygen atoms in total. The Morgan fingerprint density at radius 2 is 2.06 bits per heavy atom. The van der Waals surface area contributed by atoms with Crippen LogP contribution in [-0.4, -0.2) is 22.5 Å². The molecule has 1 aromatic carbocycles. The molecule has 17 heavy (non-hydrogen) atoms. The highest BCUT2D eigenvalue weighted by molar-refractivity contribution is 7.99. The number of thioether (sulfide) groups is 1. The number of nitrogens with zero attached hydrogens (tertiary/aromatic N) is 1. The number of aliphatic hydroxyl groups is 1. The van der Waals surface area contributed by atoms with E-state index in [9.17, 15) is 0 Å². The van der Waals surface area contributed by atoms with Crippen molar-refractivity contribution < 1.29 is 5.11 Å². The molecule has 3 heteroatoms. The van der Waals surface area contributed by atoms with Gasteiger partial charge in [0.1, 0.15) is 0 Å². The van der Waals surface area contributed by atoms with E-state index >= 15 is 0 Å². The molecule has 0 spiro atoms. The van der Waals surface area contributed by atoms with Crippen LogP contribution < -0.4 is 0 Å². The second-order valence-electron chi connectivity index (χ2n) is 4.07. The summed E-state index contributed by atoms with van der Waals surface area (Å²) in [4.78, 5) is 4.63. The molecule has 0 saturated heterocycles. The van der Waals surface area contributed by atoms with Crippen LogP contribution in [0, 0.1) is 6.92 Å². The van der Waals surface area contributed by atoms with Crippen molar-refractivity contribution in [1.82, 2.24) is 4.98 Å². The molecule has 0 atom stereocenters. The van der Waals surface area contributed by atoms with E-state index in [4.69, 9.17) is 5.11 Å². The minimum Gasteiger partial charge on any atom is -0.396 e. The maximum Gasteiger partial charge on any atom is 0.0970 e. The molecule has 2 rings (SSSR count). The summed E-state index contributed by atoms with van der Waals surface area (Å²) < 4.78 is 0. The molecule has 0 fully saturated rings. The van der Waals surface area contributed by atoms with E-state index in [0.29, 0.717) is 0 Å². The third kappa shape index (κ3) is 3.20. The number of aromatic nitrogens is 1.